The van der Waals surface area contributed by atoms with Gasteiger partial charge >= 0.3 is 0 Å². The molecule has 1 aromatic carbocycles. The first kappa shape index (κ1) is 9.74. The largest absolute Gasteiger partial charge is 0.390 e. The van der Waals surface area contributed by atoms with Gasteiger partial charge in [0.15, 0.2) is 0 Å². The number of hydrogen-bond donors (Lipinski definition) is 1. The minimum atomic E-state index is 0.0922. The summed E-state index contributed by atoms with van der Waals surface area (Å²) in [4.78, 5) is 0. The van der Waals surface area contributed by atoms with Crippen molar-refractivity contribution in [1.82, 2.24) is 4.57 Å². The standard InChI is InChI=1S/C11H12BrNO/c1-2-13-9(7-14)6-8-4-3-5-10(12)11(8)13/h3-6,14H,2,7H2,1H3. The van der Waals surface area contributed by atoms with Crippen molar-refractivity contribution in [2.24, 2.45) is 0 Å². The fraction of sp³-hybridized carbons (Fsp3) is 0.273. The topological polar surface area (TPSA) is 25.2 Å². The number of rotatable bonds is 2. The van der Waals surface area contributed by atoms with E-state index in [9.17, 15) is 5.11 Å². The Balaban J connectivity index is 2.81. The molecular weight excluding hydrogens is 242 g/mol. The summed E-state index contributed by atoms with van der Waals surface area (Å²) in [5.74, 6) is 0. The SMILES string of the molecule is CCn1c(CO)cc2cccc(Br)c21. The van der Waals surface area contributed by atoms with Crippen molar-refractivity contribution in [2.75, 3.05) is 0 Å². The van der Waals surface area contributed by atoms with E-state index in [2.05, 4.69) is 33.5 Å². The van der Waals surface area contributed by atoms with Gasteiger partial charge in [0, 0.05) is 22.1 Å². The first-order valence-corrected chi connectivity index (χ1v) is 5.44. The molecule has 3 heteroatoms. The van der Waals surface area contributed by atoms with Gasteiger partial charge in [0.05, 0.1) is 12.1 Å². The first-order valence-electron chi connectivity index (χ1n) is 4.65. The van der Waals surface area contributed by atoms with E-state index in [0.29, 0.717) is 0 Å². The van der Waals surface area contributed by atoms with E-state index in [1.165, 1.54) is 10.9 Å². The van der Waals surface area contributed by atoms with Gasteiger partial charge in [0.1, 0.15) is 0 Å². The van der Waals surface area contributed by atoms with E-state index in [1.807, 2.05) is 18.2 Å². The van der Waals surface area contributed by atoms with Gasteiger partial charge in [0.2, 0.25) is 0 Å². The Kier molecular flexibility index (Phi) is 2.61. The molecule has 2 nitrogen and oxygen atoms in total. The van der Waals surface area contributed by atoms with Crippen LogP contribution < -0.4 is 0 Å². The summed E-state index contributed by atoms with van der Waals surface area (Å²) in [6, 6.07) is 8.12. The lowest BCUT2D eigenvalue weighted by molar-refractivity contribution is 0.272. The van der Waals surface area contributed by atoms with E-state index in [-0.39, 0.29) is 6.61 Å². The maximum atomic E-state index is 9.21. The highest BCUT2D eigenvalue weighted by molar-refractivity contribution is 9.10. The summed E-state index contributed by atoms with van der Waals surface area (Å²) in [5, 5.41) is 10.4. The minimum absolute atomic E-state index is 0.0922. The Morgan fingerprint density at radius 1 is 1.43 bits per heavy atom. The maximum Gasteiger partial charge on any atom is 0.0833 e. The Labute approximate surface area is 91.3 Å². The molecule has 74 valence electrons. The number of aliphatic hydroxyl groups is 1. The predicted molar refractivity (Wildman–Crippen MR) is 61.2 cm³/mol. The second-order valence-corrected chi connectivity index (χ2v) is 4.07. The van der Waals surface area contributed by atoms with Crippen molar-refractivity contribution in [1.29, 1.82) is 0 Å². The number of fused-ring (bicyclic) bond motifs is 1. The number of aliphatic hydroxyl groups excluding tert-OH is 1. The molecule has 0 amide bonds. The molecule has 2 rings (SSSR count). The summed E-state index contributed by atoms with van der Waals surface area (Å²) >= 11 is 3.53. The molecule has 1 heterocycles. The molecular formula is C11H12BrNO. The third kappa shape index (κ3) is 1.37. The summed E-state index contributed by atoms with van der Waals surface area (Å²) < 4.78 is 3.20. The zero-order valence-electron chi connectivity index (χ0n) is 8.00. The van der Waals surface area contributed by atoms with Crippen LogP contribution in [0.1, 0.15) is 12.6 Å². The predicted octanol–water partition coefficient (Wildman–Crippen LogP) is 2.92. The highest BCUT2D eigenvalue weighted by Gasteiger charge is 2.08. The minimum Gasteiger partial charge on any atom is -0.390 e. The second kappa shape index (κ2) is 3.75. The third-order valence-electron chi connectivity index (χ3n) is 2.43. The van der Waals surface area contributed by atoms with Crippen LogP contribution in [0.25, 0.3) is 10.9 Å². The molecule has 2 aromatic rings. The molecule has 0 radical (unpaired) electrons. The lowest BCUT2D eigenvalue weighted by Gasteiger charge is -2.06. The molecule has 0 unspecified atom stereocenters. The van der Waals surface area contributed by atoms with E-state index in [4.69, 9.17) is 0 Å². The molecule has 0 fully saturated rings. The molecule has 0 aliphatic rings. The molecule has 1 N–H and O–H groups in total. The van der Waals surface area contributed by atoms with Crippen LogP contribution in [0.4, 0.5) is 0 Å². The molecule has 14 heavy (non-hydrogen) atoms. The summed E-state index contributed by atoms with van der Waals surface area (Å²) in [5.41, 5.74) is 2.13. The summed E-state index contributed by atoms with van der Waals surface area (Å²) in [7, 11) is 0. The molecule has 0 saturated heterocycles. The number of aryl methyl sites for hydroxylation is 1. The van der Waals surface area contributed by atoms with E-state index in [1.54, 1.807) is 0 Å². The molecule has 0 bridgehead atoms. The number of nitrogens with zero attached hydrogens (tertiary/aromatic N) is 1. The lowest BCUT2D eigenvalue weighted by Crippen LogP contribution is -1.99. The van der Waals surface area contributed by atoms with Crippen molar-refractivity contribution < 1.29 is 5.11 Å². The molecule has 0 aliphatic heterocycles. The van der Waals surface area contributed by atoms with Crippen LogP contribution >= 0.6 is 15.9 Å². The van der Waals surface area contributed by atoms with Crippen LogP contribution in [0.5, 0.6) is 0 Å². The van der Waals surface area contributed by atoms with Crippen molar-refractivity contribution in [2.45, 2.75) is 20.1 Å². The molecule has 0 saturated carbocycles. The monoisotopic (exact) mass is 253 g/mol. The van der Waals surface area contributed by atoms with Crippen LogP contribution in [-0.4, -0.2) is 9.67 Å². The smallest absolute Gasteiger partial charge is 0.0833 e. The molecule has 0 spiro atoms. The number of hydrogen-bond acceptors (Lipinski definition) is 1. The second-order valence-electron chi connectivity index (χ2n) is 3.22. The average molecular weight is 254 g/mol. The van der Waals surface area contributed by atoms with Crippen molar-refractivity contribution in [3.63, 3.8) is 0 Å². The number of benzene rings is 1. The van der Waals surface area contributed by atoms with Gasteiger partial charge in [-0.15, -0.1) is 0 Å². The third-order valence-corrected chi connectivity index (χ3v) is 3.07. The molecule has 0 aliphatic carbocycles. The quantitative estimate of drug-likeness (QED) is 0.875. The van der Waals surface area contributed by atoms with Crippen LogP contribution in [0.15, 0.2) is 28.7 Å². The van der Waals surface area contributed by atoms with E-state index in [0.717, 1.165) is 16.7 Å². The number of aromatic nitrogens is 1. The van der Waals surface area contributed by atoms with E-state index < -0.39 is 0 Å². The van der Waals surface area contributed by atoms with Gasteiger partial charge in [-0.25, -0.2) is 0 Å². The van der Waals surface area contributed by atoms with Gasteiger partial charge in [-0.2, -0.15) is 0 Å². The van der Waals surface area contributed by atoms with Crippen molar-refractivity contribution in [3.8, 4) is 0 Å². The lowest BCUT2D eigenvalue weighted by atomic mass is 10.2. The highest BCUT2D eigenvalue weighted by atomic mass is 79.9. The molecule has 0 atom stereocenters. The van der Waals surface area contributed by atoms with Crippen molar-refractivity contribution >= 4 is 26.8 Å². The van der Waals surface area contributed by atoms with Gasteiger partial charge in [-0.05, 0) is 35.0 Å². The van der Waals surface area contributed by atoms with Gasteiger partial charge < -0.3 is 9.67 Å². The number of halogens is 1. The van der Waals surface area contributed by atoms with Crippen LogP contribution in [0, 0.1) is 0 Å². The fourth-order valence-electron chi connectivity index (χ4n) is 1.83. The molecule has 1 aromatic heterocycles. The van der Waals surface area contributed by atoms with E-state index >= 15 is 0 Å². The maximum absolute atomic E-state index is 9.21. The Morgan fingerprint density at radius 3 is 2.86 bits per heavy atom. The van der Waals surface area contributed by atoms with Crippen LogP contribution in [0.2, 0.25) is 0 Å². The van der Waals surface area contributed by atoms with Gasteiger partial charge in [-0.3, -0.25) is 0 Å². The zero-order valence-corrected chi connectivity index (χ0v) is 9.58. The van der Waals surface area contributed by atoms with Crippen LogP contribution in [0.3, 0.4) is 0 Å². The van der Waals surface area contributed by atoms with Gasteiger partial charge in [0.25, 0.3) is 0 Å². The van der Waals surface area contributed by atoms with Crippen LogP contribution in [-0.2, 0) is 13.2 Å². The van der Waals surface area contributed by atoms with Crippen molar-refractivity contribution in [3.05, 3.63) is 34.4 Å². The summed E-state index contributed by atoms with van der Waals surface area (Å²) in [6.45, 7) is 3.05. The average Bonchev–Trinajstić information content (AvgIpc) is 2.56. The Hall–Kier alpha value is -0.800. The fourth-order valence-corrected chi connectivity index (χ4v) is 2.42. The number of para-hydroxylation sites is 1. The normalized spacial score (nSPS) is 11.1. The Morgan fingerprint density at radius 2 is 2.21 bits per heavy atom. The first-order chi connectivity index (χ1) is 6.77. The highest BCUT2D eigenvalue weighted by Crippen LogP contribution is 2.27. The van der Waals surface area contributed by atoms with Gasteiger partial charge in [-0.1, -0.05) is 12.1 Å². The zero-order chi connectivity index (χ0) is 10.1. The Bertz CT molecular complexity index is 462. The summed E-state index contributed by atoms with van der Waals surface area (Å²) in [6.07, 6.45) is 0.